The van der Waals surface area contributed by atoms with Crippen molar-refractivity contribution < 1.29 is 9.53 Å². The van der Waals surface area contributed by atoms with Crippen molar-refractivity contribution in [2.24, 2.45) is 5.92 Å². The van der Waals surface area contributed by atoms with Gasteiger partial charge in [-0.25, -0.2) is 14.8 Å². The van der Waals surface area contributed by atoms with E-state index in [1.54, 1.807) is 10.8 Å². The third-order valence-electron chi connectivity index (χ3n) is 3.18. The summed E-state index contributed by atoms with van der Waals surface area (Å²) in [4.78, 5) is 21.0. The number of fused-ring (bicyclic) bond motifs is 1. The summed E-state index contributed by atoms with van der Waals surface area (Å²) >= 11 is 6.21. The molecular formula is C14H18ClN3O2. The molecule has 0 N–H and O–H groups in total. The molecule has 0 aliphatic heterocycles. The maximum Gasteiger partial charge on any atom is 0.329 e. The second-order valence-electron chi connectivity index (χ2n) is 5.01. The quantitative estimate of drug-likeness (QED) is 0.642. The fourth-order valence-corrected chi connectivity index (χ4v) is 2.45. The maximum atomic E-state index is 12.1. The van der Waals surface area contributed by atoms with E-state index in [1.165, 1.54) is 7.11 Å². The summed E-state index contributed by atoms with van der Waals surface area (Å²) in [7, 11) is 1.38. The lowest BCUT2D eigenvalue weighted by molar-refractivity contribution is -0.146. The van der Waals surface area contributed by atoms with Crippen LogP contribution in [0.3, 0.4) is 0 Å². The number of methoxy groups -OCH3 is 1. The van der Waals surface area contributed by atoms with Crippen molar-refractivity contribution in [2.45, 2.75) is 32.2 Å². The van der Waals surface area contributed by atoms with Crippen LogP contribution in [0.25, 0.3) is 11.2 Å². The van der Waals surface area contributed by atoms with Crippen LogP contribution in [-0.4, -0.2) is 27.6 Å². The van der Waals surface area contributed by atoms with Crippen molar-refractivity contribution in [3.05, 3.63) is 24.2 Å². The maximum absolute atomic E-state index is 12.1. The molecule has 0 fully saturated rings. The Hall–Kier alpha value is -1.62. The number of alkyl halides is 1. The average molecular weight is 296 g/mol. The van der Waals surface area contributed by atoms with E-state index < -0.39 is 6.04 Å². The van der Waals surface area contributed by atoms with Gasteiger partial charge in [0.2, 0.25) is 0 Å². The number of carbonyl (C=O) groups is 1. The van der Waals surface area contributed by atoms with Crippen molar-refractivity contribution in [1.29, 1.82) is 0 Å². The Kier molecular flexibility index (Phi) is 4.28. The third-order valence-corrected chi connectivity index (χ3v) is 3.38. The summed E-state index contributed by atoms with van der Waals surface area (Å²) < 4.78 is 6.72. The minimum atomic E-state index is -0.490. The molecule has 0 saturated carbocycles. The molecule has 6 heteroatoms. The predicted molar refractivity (Wildman–Crippen MR) is 77.7 cm³/mol. The van der Waals surface area contributed by atoms with Gasteiger partial charge in [0.25, 0.3) is 0 Å². The van der Waals surface area contributed by atoms with Gasteiger partial charge in [0.05, 0.1) is 12.5 Å². The Morgan fingerprint density at radius 1 is 1.40 bits per heavy atom. The van der Waals surface area contributed by atoms with Crippen LogP contribution < -0.4 is 0 Å². The Labute approximate surface area is 122 Å². The normalized spacial score (nSPS) is 14.5. The summed E-state index contributed by atoms with van der Waals surface area (Å²) in [5.41, 5.74) is 1.38. The second-order valence-corrected chi connectivity index (χ2v) is 5.67. The lowest BCUT2D eigenvalue weighted by atomic mass is 10.0. The van der Waals surface area contributed by atoms with Gasteiger partial charge in [-0.1, -0.05) is 13.8 Å². The molecule has 108 valence electrons. The van der Waals surface area contributed by atoms with E-state index in [1.807, 2.05) is 32.9 Å². The molecule has 2 unspecified atom stereocenters. The smallest absolute Gasteiger partial charge is 0.329 e. The van der Waals surface area contributed by atoms with Gasteiger partial charge in [0.15, 0.2) is 5.65 Å². The number of hydrogen-bond donors (Lipinski definition) is 0. The van der Waals surface area contributed by atoms with Crippen molar-refractivity contribution in [1.82, 2.24) is 14.5 Å². The van der Waals surface area contributed by atoms with Crippen LogP contribution in [0.15, 0.2) is 18.3 Å². The zero-order valence-electron chi connectivity index (χ0n) is 12.0. The van der Waals surface area contributed by atoms with Crippen molar-refractivity contribution in [2.75, 3.05) is 7.11 Å². The number of rotatable bonds is 4. The van der Waals surface area contributed by atoms with Crippen LogP contribution in [-0.2, 0) is 9.53 Å². The van der Waals surface area contributed by atoms with E-state index in [0.717, 1.165) is 5.52 Å². The lowest BCUT2D eigenvalue weighted by Crippen LogP contribution is -2.27. The lowest BCUT2D eigenvalue weighted by Gasteiger charge is -2.22. The zero-order valence-corrected chi connectivity index (χ0v) is 12.8. The standard InChI is InChI=1S/C14H18ClN3O2/c1-8(2)11(14(19)20-4)18-12(9(3)15)17-10-6-5-7-16-13(10)18/h5-9,11H,1-4H3. The predicted octanol–water partition coefficient (Wildman–Crippen LogP) is 3.10. The monoisotopic (exact) mass is 295 g/mol. The molecule has 0 aliphatic carbocycles. The van der Waals surface area contributed by atoms with E-state index in [0.29, 0.717) is 11.5 Å². The van der Waals surface area contributed by atoms with Gasteiger partial charge in [-0.05, 0) is 25.0 Å². The number of aromatic nitrogens is 3. The molecule has 2 heterocycles. The fraction of sp³-hybridized carbons (Fsp3) is 0.500. The van der Waals surface area contributed by atoms with Crippen molar-refractivity contribution >= 4 is 28.7 Å². The largest absolute Gasteiger partial charge is 0.467 e. The minimum absolute atomic E-state index is 0.0380. The highest BCUT2D eigenvalue weighted by Gasteiger charge is 2.30. The van der Waals surface area contributed by atoms with E-state index in [2.05, 4.69) is 9.97 Å². The van der Waals surface area contributed by atoms with Crippen LogP contribution >= 0.6 is 11.6 Å². The molecule has 0 saturated heterocycles. The average Bonchev–Trinajstić information content (AvgIpc) is 2.78. The Bertz CT molecular complexity index is 622. The van der Waals surface area contributed by atoms with Gasteiger partial charge in [-0.3, -0.25) is 4.57 Å². The number of hydrogen-bond acceptors (Lipinski definition) is 4. The van der Waals surface area contributed by atoms with Crippen molar-refractivity contribution in [3.63, 3.8) is 0 Å². The molecule has 0 spiro atoms. The van der Waals surface area contributed by atoms with Crippen LogP contribution in [0.4, 0.5) is 0 Å². The number of esters is 1. The van der Waals surface area contributed by atoms with Crippen LogP contribution in [0.1, 0.15) is 38.0 Å². The van der Waals surface area contributed by atoms with E-state index in [9.17, 15) is 4.79 Å². The second kappa shape index (κ2) is 5.79. The molecule has 0 bridgehead atoms. The molecule has 5 nitrogen and oxygen atoms in total. The van der Waals surface area contributed by atoms with Gasteiger partial charge < -0.3 is 4.74 Å². The molecule has 0 radical (unpaired) electrons. The highest BCUT2D eigenvalue weighted by Crippen LogP contribution is 2.30. The molecule has 0 amide bonds. The van der Waals surface area contributed by atoms with Gasteiger partial charge in [-0.15, -0.1) is 11.6 Å². The molecular weight excluding hydrogens is 278 g/mol. The molecule has 0 aromatic carbocycles. The highest BCUT2D eigenvalue weighted by atomic mass is 35.5. The number of imidazole rings is 1. The summed E-state index contributed by atoms with van der Waals surface area (Å²) in [5.74, 6) is 0.351. The number of pyridine rings is 1. The first-order valence-corrected chi connectivity index (χ1v) is 6.95. The van der Waals surface area contributed by atoms with E-state index in [4.69, 9.17) is 16.3 Å². The van der Waals surface area contributed by atoms with Gasteiger partial charge in [0.1, 0.15) is 17.4 Å². The van der Waals surface area contributed by atoms with Crippen molar-refractivity contribution in [3.8, 4) is 0 Å². The van der Waals surface area contributed by atoms with E-state index in [-0.39, 0.29) is 17.3 Å². The Morgan fingerprint density at radius 2 is 2.10 bits per heavy atom. The molecule has 2 rings (SSSR count). The van der Waals surface area contributed by atoms with Gasteiger partial charge in [-0.2, -0.15) is 0 Å². The Balaban J connectivity index is 2.71. The number of carbonyl (C=O) groups excluding carboxylic acids is 1. The summed E-state index contributed by atoms with van der Waals surface area (Å²) in [5, 5.41) is -0.324. The van der Waals surface area contributed by atoms with E-state index >= 15 is 0 Å². The zero-order chi connectivity index (χ0) is 14.9. The topological polar surface area (TPSA) is 57.0 Å². The molecule has 2 aromatic rings. The molecule has 20 heavy (non-hydrogen) atoms. The summed E-state index contributed by atoms with van der Waals surface area (Å²) in [6.07, 6.45) is 1.68. The summed E-state index contributed by atoms with van der Waals surface area (Å²) in [6, 6.07) is 3.18. The van der Waals surface area contributed by atoms with Crippen LogP contribution in [0.2, 0.25) is 0 Å². The first-order chi connectivity index (χ1) is 9.47. The highest BCUT2D eigenvalue weighted by molar-refractivity contribution is 6.20. The third kappa shape index (κ3) is 2.50. The first-order valence-electron chi connectivity index (χ1n) is 6.52. The molecule has 2 aromatic heterocycles. The molecule has 2 atom stereocenters. The fourth-order valence-electron chi connectivity index (χ4n) is 2.30. The SMILES string of the molecule is COC(=O)C(C(C)C)n1c(C(C)Cl)nc2cccnc21. The van der Waals surface area contributed by atoms with Crippen LogP contribution in [0.5, 0.6) is 0 Å². The minimum Gasteiger partial charge on any atom is -0.467 e. The number of ether oxygens (including phenoxy) is 1. The van der Waals surface area contributed by atoms with Gasteiger partial charge in [0, 0.05) is 6.20 Å². The first kappa shape index (κ1) is 14.8. The number of halogens is 1. The van der Waals surface area contributed by atoms with Crippen LogP contribution in [0, 0.1) is 5.92 Å². The van der Waals surface area contributed by atoms with Gasteiger partial charge >= 0.3 is 5.97 Å². The summed E-state index contributed by atoms with van der Waals surface area (Å²) in [6.45, 7) is 5.74. The molecule has 0 aliphatic rings. The number of nitrogens with zero attached hydrogens (tertiary/aromatic N) is 3. The Morgan fingerprint density at radius 3 is 2.65 bits per heavy atom.